The summed E-state index contributed by atoms with van der Waals surface area (Å²) in [6, 6.07) is 0. The Morgan fingerprint density at radius 1 is 1.61 bits per heavy atom. The van der Waals surface area contributed by atoms with Gasteiger partial charge < -0.3 is 31.3 Å². The van der Waals surface area contributed by atoms with E-state index in [0.717, 1.165) is 0 Å². The van der Waals surface area contributed by atoms with Crippen LogP contribution in [0, 0.1) is 0 Å². The number of nitrogens with zero attached hydrogens (tertiary/aromatic N) is 2. The third kappa shape index (κ3) is 2.89. The van der Waals surface area contributed by atoms with E-state index in [1.807, 2.05) is 0 Å². The molecule has 0 fully saturated rings. The van der Waals surface area contributed by atoms with Gasteiger partial charge in [-0.1, -0.05) is 11.6 Å². The van der Waals surface area contributed by atoms with Gasteiger partial charge >= 0.3 is 8.25 Å². The van der Waals surface area contributed by atoms with Gasteiger partial charge in [0.1, 0.15) is 12.4 Å². The Hall–Kier alpha value is -1.78. The van der Waals surface area contributed by atoms with Crippen molar-refractivity contribution in [2.45, 2.75) is 17.7 Å². The zero-order valence-electron chi connectivity index (χ0n) is 11.5. The molecule has 4 atom stereocenters. The van der Waals surface area contributed by atoms with E-state index in [9.17, 15) is 14.8 Å². The topological polar surface area (TPSA) is 162 Å². The Balaban J connectivity index is 1.78. The van der Waals surface area contributed by atoms with Gasteiger partial charge in [0.15, 0.2) is 29.4 Å². The van der Waals surface area contributed by atoms with E-state index in [1.54, 1.807) is 0 Å². The average molecular weight is 367 g/mol. The summed E-state index contributed by atoms with van der Waals surface area (Å²) >= 11 is 6.06. The molecule has 4 unspecified atom stereocenters. The summed E-state index contributed by atoms with van der Waals surface area (Å²) in [5, 5.41) is 25.8. The normalized spacial score (nSPS) is 30.6. The molecule has 3 aliphatic heterocycles. The van der Waals surface area contributed by atoms with Crippen LogP contribution >= 0.6 is 19.9 Å². The van der Waals surface area contributed by atoms with E-state index in [0.29, 0.717) is 11.5 Å². The minimum atomic E-state index is -2.84. The van der Waals surface area contributed by atoms with Gasteiger partial charge in [-0.05, 0) is 0 Å². The molecule has 0 aromatic heterocycles. The zero-order chi connectivity index (χ0) is 16.7. The molecule has 11 nitrogen and oxygen atoms in total. The van der Waals surface area contributed by atoms with Crippen molar-refractivity contribution in [3.8, 4) is 0 Å². The largest absolute Gasteiger partial charge is 0.694 e. The molecule has 3 aliphatic rings. The Morgan fingerprint density at radius 2 is 2.35 bits per heavy atom. The number of hydrogen-bond donors (Lipinski definition) is 6. The summed E-state index contributed by atoms with van der Waals surface area (Å²) in [7, 11) is -2.84. The van der Waals surface area contributed by atoms with Gasteiger partial charge in [-0.15, -0.1) is 9.42 Å². The molecule has 0 aliphatic carbocycles. The number of ether oxygens (including phenoxy) is 1. The summed E-state index contributed by atoms with van der Waals surface area (Å²) < 4.78 is 20.5. The highest BCUT2D eigenvalue weighted by atomic mass is 35.5. The Kier molecular flexibility index (Phi) is 4.21. The van der Waals surface area contributed by atoms with Gasteiger partial charge in [0.2, 0.25) is 5.88 Å². The summed E-state index contributed by atoms with van der Waals surface area (Å²) in [6.07, 6.45) is -2.42. The molecule has 0 amide bonds. The second-order valence-electron chi connectivity index (χ2n) is 4.83. The standard InChI is InChI=1S/C10H13ClN5O6P/c11-7-4-8(15-10(12)14-7)16(2-13-4)9-6(18)5(17)3(22-9)1-21-23(19)20/h3,5,7,13,17H,1-2H2,(H4-,12,14,15,18,19,20)/p+1. The van der Waals surface area contributed by atoms with Crippen molar-refractivity contribution in [2.75, 3.05) is 13.3 Å². The minimum Gasteiger partial charge on any atom is -0.505 e. The number of guanidine groups is 1. The molecule has 3 heterocycles. The van der Waals surface area contributed by atoms with E-state index >= 15 is 0 Å². The lowest BCUT2D eigenvalue weighted by atomic mass is 10.2. The highest BCUT2D eigenvalue weighted by Gasteiger charge is 2.43. The molecule has 0 aromatic carbocycles. The zero-order valence-corrected chi connectivity index (χ0v) is 13.2. The third-order valence-corrected chi connectivity index (χ3v) is 4.08. The Labute approximate surface area is 136 Å². The van der Waals surface area contributed by atoms with E-state index in [1.165, 1.54) is 4.90 Å². The molecule has 3 rings (SSSR count). The molecule has 0 radical (unpaired) electrons. The first-order valence-corrected chi connectivity index (χ1v) is 8.02. The monoisotopic (exact) mass is 366 g/mol. The smallest absolute Gasteiger partial charge is 0.505 e. The molecule has 0 saturated heterocycles. The van der Waals surface area contributed by atoms with Crippen molar-refractivity contribution >= 4 is 25.8 Å². The average Bonchev–Trinajstić information content (AvgIpc) is 3.00. The van der Waals surface area contributed by atoms with Crippen molar-refractivity contribution in [3.05, 3.63) is 23.2 Å². The predicted octanol–water partition coefficient (Wildman–Crippen LogP) is -1.35. The number of nitrogens with one attached hydrogen (secondary N) is 2. The number of aliphatic hydroxyl groups excluding tert-OH is 2. The van der Waals surface area contributed by atoms with Crippen LogP contribution in [0.25, 0.3) is 0 Å². The number of rotatable bonds is 4. The van der Waals surface area contributed by atoms with Gasteiger partial charge in [-0.3, -0.25) is 4.90 Å². The summed E-state index contributed by atoms with van der Waals surface area (Å²) in [5.74, 6) is 0.0495. The molecule has 0 bridgehead atoms. The van der Waals surface area contributed by atoms with Crippen molar-refractivity contribution in [2.24, 2.45) is 10.7 Å². The minimum absolute atomic E-state index is 0.0390. The number of hydrogen-bond acceptors (Lipinski definition) is 10. The van der Waals surface area contributed by atoms with Crippen LogP contribution in [0.4, 0.5) is 0 Å². The molecule has 0 aromatic rings. The quantitative estimate of drug-likeness (QED) is 0.199. The van der Waals surface area contributed by atoms with Crippen LogP contribution in [-0.4, -0.2) is 57.0 Å². The first-order valence-electron chi connectivity index (χ1n) is 6.45. The second-order valence-corrected chi connectivity index (χ2v) is 5.97. The second kappa shape index (κ2) is 6.02. The number of halogens is 1. The Bertz CT molecular complexity index is 639. The molecule has 23 heavy (non-hydrogen) atoms. The van der Waals surface area contributed by atoms with Crippen LogP contribution in [0.2, 0.25) is 0 Å². The maximum Gasteiger partial charge on any atom is 0.694 e. The van der Waals surface area contributed by atoms with E-state index in [2.05, 4.69) is 20.1 Å². The summed E-state index contributed by atoms with van der Waals surface area (Å²) in [5.41, 5.74) is 5.45. The van der Waals surface area contributed by atoms with Crippen LogP contribution in [-0.2, 0) is 13.8 Å². The van der Waals surface area contributed by atoms with Gasteiger partial charge in [-0.2, -0.15) is 0 Å². The number of aliphatic imine (C=N–C) groups is 1. The first kappa shape index (κ1) is 16.1. The molecular formula is C10H14ClN5O6P+. The fourth-order valence-electron chi connectivity index (χ4n) is 2.35. The number of alkyl halides is 1. The third-order valence-electron chi connectivity index (χ3n) is 3.40. The van der Waals surface area contributed by atoms with Gasteiger partial charge in [0.25, 0.3) is 0 Å². The van der Waals surface area contributed by atoms with E-state index < -0.39 is 31.7 Å². The van der Waals surface area contributed by atoms with Gasteiger partial charge in [0.05, 0.1) is 12.4 Å². The maximum absolute atomic E-state index is 10.6. The van der Waals surface area contributed by atoms with Crippen LogP contribution in [0.1, 0.15) is 0 Å². The molecule has 0 saturated carbocycles. The summed E-state index contributed by atoms with van der Waals surface area (Å²) in [4.78, 5) is 14.1. The Morgan fingerprint density at radius 3 is 3.04 bits per heavy atom. The van der Waals surface area contributed by atoms with Crippen molar-refractivity contribution in [1.29, 1.82) is 0 Å². The highest BCUT2D eigenvalue weighted by molar-refractivity contribution is 7.32. The summed E-state index contributed by atoms with van der Waals surface area (Å²) in [6.45, 7) is -0.180. The van der Waals surface area contributed by atoms with Crippen molar-refractivity contribution < 1.29 is 28.9 Å². The van der Waals surface area contributed by atoms with Crippen molar-refractivity contribution in [3.63, 3.8) is 0 Å². The molecule has 7 N–H and O–H groups in total. The van der Waals surface area contributed by atoms with Crippen LogP contribution in [0.5, 0.6) is 0 Å². The van der Waals surface area contributed by atoms with E-state index in [-0.39, 0.29) is 25.1 Å². The van der Waals surface area contributed by atoms with Crippen molar-refractivity contribution in [1.82, 2.24) is 15.5 Å². The van der Waals surface area contributed by atoms with Crippen LogP contribution < -0.4 is 16.4 Å². The maximum atomic E-state index is 10.6. The van der Waals surface area contributed by atoms with Crippen LogP contribution in [0.3, 0.4) is 0 Å². The fourth-order valence-corrected chi connectivity index (χ4v) is 2.91. The number of nitrogens with two attached hydrogens (primary N) is 1. The molecular weight excluding hydrogens is 353 g/mol. The molecule has 0 spiro atoms. The number of aliphatic hydroxyl groups is 2. The first-order chi connectivity index (χ1) is 10.9. The van der Waals surface area contributed by atoms with Gasteiger partial charge in [-0.25, -0.2) is 4.99 Å². The van der Waals surface area contributed by atoms with Gasteiger partial charge in [0, 0.05) is 4.57 Å². The SMILES string of the molecule is NC1=NC(Cl)C2=C(N1)N(C1=C(O)C(O)C(CO[P+](=O)O)O1)CN2. The van der Waals surface area contributed by atoms with E-state index in [4.69, 9.17) is 27.0 Å². The lowest BCUT2D eigenvalue weighted by Crippen LogP contribution is -2.41. The van der Waals surface area contributed by atoms with Crippen LogP contribution in [0.15, 0.2) is 28.2 Å². The lowest BCUT2D eigenvalue weighted by molar-refractivity contribution is -0.00472. The lowest BCUT2D eigenvalue weighted by Gasteiger charge is -2.25. The molecule has 126 valence electrons. The fraction of sp³-hybridized carbons (Fsp3) is 0.500. The molecule has 13 heteroatoms. The predicted molar refractivity (Wildman–Crippen MR) is 77.6 cm³/mol. The highest BCUT2D eigenvalue weighted by Crippen LogP contribution is 2.33.